The van der Waals surface area contributed by atoms with Gasteiger partial charge in [-0.05, 0) is 97.1 Å². The standard InChI is InChI=1S/C24H25F3O2/c25-24(26,27)22(28)18-1-5-20(6-2-18)29-21-7-3-19(4-8-21)23-12-15-9-16(13-23)11-17(10-15)14-23/h1-8,15-17,22,28H,9-14H2. The molecule has 0 heterocycles. The fraction of sp³-hybridized carbons (Fsp3) is 0.500. The molecule has 29 heavy (non-hydrogen) atoms. The minimum Gasteiger partial charge on any atom is -0.457 e. The van der Waals surface area contributed by atoms with Gasteiger partial charge in [0, 0.05) is 0 Å². The first-order chi connectivity index (χ1) is 13.8. The summed E-state index contributed by atoms with van der Waals surface area (Å²) in [5.74, 6) is 3.79. The number of rotatable bonds is 4. The van der Waals surface area contributed by atoms with Crippen LogP contribution in [-0.2, 0) is 5.41 Å². The molecule has 1 unspecified atom stereocenters. The maximum absolute atomic E-state index is 12.6. The van der Waals surface area contributed by atoms with Gasteiger partial charge in [0.25, 0.3) is 0 Å². The molecule has 1 atom stereocenters. The Kier molecular flexibility index (Phi) is 4.43. The highest BCUT2D eigenvalue weighted by Gasteiger charge is 2.51. The maximum atomic E-state index is 12.6. The van der Waals surface area contributed by atoms with Crippen LogP contribution >= 0.6 is 0 Å². The second-order valence-electron chi connectivity index (χ2n) is 9.34. The number of hydrogen-bond donors (Lipinski definition) is 1. The molecule has 0 amide bonds. The molecule has 154 valence electrons. The van der Waals surface area contributed by atoms with E-state index in [9.17, 15) is 18.3 Å². The van der Waals surface area contributed by atoms with Crippen LogP contribution in [0, 0.1) is 17.8 Å². The van der Waals surface area contributed by atoms with Gasteiger partial charge in [0.15, 0.2) is 6.10 Å². The summed E-state index contributed by atoms with van der Waals surface area (Å²) >= 11 is 0. The van der Waals surface area contributed by atoms with Crippen LogP contribution < -0.4 is 4.74 Å². The number of aliphatic hydroxyl groups excluding tert-OH is 1. The molecule has 0 radical (unpaired) electrons. The zero-order valence-electron chi connectivity index (χ0n) is 16.2. The molecule has 0 saturated heterocycles. The molecule has 4 bridgehead atoms. The van der Waals surface area contributed by atoms with Crippen LogP contribution in [0.4, 0.5) is 13.2 Å². The van der Waals surface area contributed by atoms with Gasteiger partial charge in [-0.3, -0.25) is 0 Å². The zero-order chi connectivity index (χ0) is 20.2. The molecule has 2 nitrogen and oxygen atoms in total. The van der Waals surface area contributed by atoms with E-state index in [1.54, 1.807) is 0 Å². The number of alkyl halides is 3. The summed E-state index contributed by atoms with van der Waals surface area (Å²) in [7, 11) is 0. The summed E-state index contributed by atoms with van der Waals surface area (Å²) in [6.07, 6.45) is 1.02. The zero-order valence-corrected chi connectivity index (χ0v) is 16.2. The Morgan fingerprint density at radius 3 is 1.69 bits per heavy atom. The molecular formula is C24H25F3O2. The lowest BCUT2D eigenvalue weighted by Crippen LogP contribution is -2.48. The van der Waals surface area contributed by atoms with Gasteiger partial charge >= 0.3 is 6.18 Å². The normalized spacial score (nSPS) is 31.7. The average Bonchev–Trinajstić information content (AvgIpc) is 2.67. The lowest BCUT2D eigenvalue weighted by Gasteiger charge is -2.57. The molecule has 0 aromatic heterocycles. The van der Waals surface area contributed by atoms with Gasteiger partial charge in [0.1, 0.15) is 11.5 Å². The van der Waals surface area contributed by atoms with Crippen LogP contribution in [0.25, 0.3) is 0 Å². The second-order valence-corrected chi connectivity index (χ2v) is 9.34. The third kappa shape index (κ3) is 3.54. The SMILES string of the molecule is OC(c1ccc(Oc2ccc(C34CC5CC(CC(C5)C3)C4)cc2)cc1)C(F)(F)F. The van der Waals surface area contributed by atoms with Crippen molar-refractivity contribution in [1.82, 2.24) is 0 Å². The number of benzene rings is 2. The van der Waals surface area contributed by atoms with Crippen LogP contribution in [0.15, 0.2) is 48.5 Å². The van der Waals surface area contributed by atoms with Gasteiger partial charge in [-0.15, -0.1) is 0 Å². The van der Waals surface area contributed by atoms with E-state index in [2.05, 4.69) is 12.1 Å². The van der Waals surface area contributed by atoms with E-state index < -0.39 is 12.3 Å². The third-order valence-corrected chi connectivity index (χ3v) is 7.25. The van der Waals surface area contributed by atoms with Crippen LogP contribution in [0.2, 0.25) is 0 Å². The monoisotopic (exact) mass is 402 g/mol. The highest BCUT2D eigenvalue weighted by atomic mass is 19.4. The molecule has 1 N–H and O–H groups in total. The van der Waals surface area contributed by atoms with Crippen molar-refractivity contribution >= 4 is 0 Å². The highest BCUT2D eigenvalue weighted by molar-refractivity contribution is 5.38. The Morgan fingerprint density at radius 2 is 1.24 bits per heavy atom. The minimum absolute atomic E-state index is 0.193. The van der Waals surface area contributed by atoms with E-state index in [0.29, 0.717) is 16.9 Å². The maximum Gasteiger partial charge on any atom is 0.418 e. The highest BCUT2D eigenvalue weighted by Crippen LogP contribution is 2.60. The van der Waals surface area contributed by atoms with Crippen molar-refractivity contribution in [1.29, 1.82) is 0 Å². The van der Waals surface area contributed by atoms with Crippen molar-refractivity contribution in [2.45, 2.75) is 56.2 Å². The van der Waals surface area contributed by atoms with Gasteiger partial charge in [0.05, 0.1) is 0 Å². The van der Waals surface area contributed by atoms with E-state index in [0.717, 1.165) is 17.8 Å². The summed E-state index contributed by atoms with van der Waals surface area (Å²) in [6.45, 7) is 0. The summed E-state index contributed by atoms with van der Waals surface area (Å²) in [4.78, 5) is 0. The van der Waals surface area contributed by atoms with Crippen LogP contribution in [0.5, 0.6) is 11.5 Å². The van der Waals surface area contributed by atoms with E-state index >= 15 is 0 Å². The predicted molar refractivity (Wildman–Crippen MR) is 104 cm³/mol. The fourth-order valence-electron chi connectivity index (χ4n) is 6.38. The molecule has 0 aliphatic heterocycles. The number of halogens is 3. The van der Waals surface area contributed by atoms with Gasteiger partial charge in [-0.2, -0.15) is 13.2 Å². The molecule has 0 spiro atoms. The lowest BCUT2D eigenvalue weighted by atomic mass is 9.48. The van der Waals surface area contributed by atoms with Crippen molar-refractivity contribution in [3.63, 3.8) is 0 Å². The molecule has 4 aliphatic rings. The molecule has 6 rings (SSSR count). The molecule has 2 aromatic carbocycles. The average molecular weight is 402 g/mol. The van der Waals surface area contributed by atoms with E-state index in [4.69, 9.17) is 4.74 Å². The Morgan fingerprint density at radius 1 is 0.793 bits per heavy atom. The number of ether oxygens (including phenoxy) is 1. The topological polar surface area (TPSA) is 29.5 Å². The molecule has 4 fully saturated rings. The summed E-state index contributed by atoms with van der Waals surface area (Å²) in [6, 6.07) is 13.7. The molecular weight excluding hydrogens is 377 g/mol. The predicted octanol–water partition coefficient (Wildman–Crippen LogP) is 6.54. The van der Waals surface area contributed by atoms with Gasteiger partial charge in [-0.1, -0.05) is 24.3 Å². The first-order valence-corrected chi connectivity index (χ1v) is 10.4. The Hall–Kier alpha value is -2.01. The summed E-state index contributed by atoms with van der Waals surface area (Å²) < 4.78 is 43.6. The van der Waals surface area contributed by atoms with Crippen molar-refractivity contribution in [3.05, 3.63) is 59.7 Å². The Balaban J connectivity index is 1.29. The molecule has 2 aromatic rings. The number of hydrogen-bond acceptors (Lipinski definition) is 2. The first kappa shape index (κ1) is 19.0. The third-order valence-electron chi connectivity index (χ3n) is 7.25. The van der Waals surface area contributed by atoms with Gasteiger partial charge < -0.3 is 9.84 Å². The number of aliphatic hydroxyl groups is 1. The second kappa shape index (κ2) is 6.76. The van der Waals surface area contributed by atoms with Gasteiger partial charge in [0.2, 0.25) is 0 Å². The van der Waals surface area contributed by atoms with Crippen molar-refractivity contribution in [3.8, 4) is 11.5 Å². The van der Waals surface area contributed by atoms with Crippen molar-refractivity contribution in [2.24, 2.45) is 17.8 Å². The van der Waals surface area contributed by atoms with Crippen molar-refractivity contribution in [2.75, 3.05) is 0 Å². The largest absolute Gasteiger partial charge is 0.457 e. The van der Waals surface area contributed by atoms with Crippen LogP contribution in [0.3, 0.4) is 0 Å². The van der Waals surface area contributed by atoms with Crippen molar-refractivity contribution < 1.29 is 23.0 Å². The Labute approximate surface area is 168 Å². The first-order valence-electron chi connectivity index (χ1n) is 10.4. The van der Waals surface area contributed by atoms with Crippen LogP contribution in [0.1, 0.15) is 55.8 Å². The lowest BCUT2D eigenvalue weighted by molar-refractivity contribution is -0.206. The van der Waals surface area contributed by atoms with E-state index in [1.165, 1.54) is 68.4 Å². The fourth-order valence-corrected chi connectivity index (χ4v) is 6.38. The minimum atomic E-state index is -4.67. The quantitative estimate of drug-likeness (QED) is 0.629. The van der Waals surface area contributed by atoms with E-state index in [-0.39, 0.29) is 5.56 Å². The van der Waals surface area contributed by atoms with Gasteiger partial charge in [-0.25, -0.2) is 0 Å². The summed E-state index contributed by atoms with van der Waals surface area (Å²) in [5, 5.41) is 9.32. The molecule has 5 heteroatoms. The Bertz CT molecular complexity index is 835. The molecule has 4 saturated carbocycles. The summed E-state index contributed by atoms with van der Waals surface area (Å²) in [5.41, 5.74) is 1.55. The van der Waals surface area contributed by atoms with Crippen LogP contribution in [-0.4, -0.2) is 11.3 Å². The smallest absolute Gasteiger partial charge is 0.418 e. The molecule has 4 aliphatic carbocycles. The van der Waals surface area contributed by atoms with E-state index in [1.807, 2.05) is 12.1 Å².